The van der Waals surface area contributed by atoms with E-state index in [0.717, 1.165) is 11.1 Å². The van der Waals surface area contributed by atoms with Crippen molar-refractivity contribution in [2.24, 2.45) is 0 Å². The first-order chi connectivity index (χ1) is 15.2. The maximum atomic E-state index is 14.7. The fourth-order valence-corrected chi connectivity index (χ4v) is 4.25. The molecular weight excluding hydrogens is 440 g/mol. The number of amides is 3. The van der Waals surface area contributed by atoms with Crippen molar-refractivity contribution in [2.75, 3.05) is 18.0 Å². The molecule has 2 fully saturated rings. The van der Waals surface area contributed by atoms with Crippen LogP contribution in [0.25, 0.3) is 0 Å². The number of piperidine rings is 1. The molecule has 2 aliphatic heterocycles. The van der Waals surface area contributed by atoms with Gasteiger partial charge in [-0.1, -0.05) is 23.7 Å². The summed E-state index contributed by atoms with van der Waals surface area (Å²) in [4.78, 5) is 37.3. The van der Waals surface area contributed by atoms with Crippen molar-refractivity contribution >= 4 is 35.0 Å². The Bertz CT molecular complexity index is 1080. The lowest BCUT2D eigenvalue weighted by Crippen LogP contribution is -2.59. The van der Waals surface area contributed by atoms with Crippen LogP contribution in [0.15, 0.2) is 30.3 Å². The number of benzene rings is 2. The number of rotatable bonds is 5. The summed E-state index contributed by atoms with van der Waals surface area (Å²) >= 11 is 6.09. The molecular formula is C23H22ClF2N3O3. The Balaban J connectivity index is 1.35. The number of carbonyl (C=O) groups is 3. The number of nitrogens with zero attached hydrogens (tertiary/aromatic N) is 1. The second-order valence-corrected chi connectivity index (χ2v) is 8.66. The molecule has 2 heterocycles. The van der Waals surface area contributed by atoms with Gasteiger partial charge in [-0.3, -0.25) is 19.7 Å². The van der Waals surface area contributed by atoms with Gasteiger partial charge in [0.1, 0.15) is 11.6 Å². The molecule has 0 radical (unpaired) electrons. The molecule has 4 rings (SSSR count). The van der Waals surface area contributed by atoms with Crippen LogP contribution in [-0.2, 0) is 20.8 Å². The topological polar surface area (TPSA) is 78.5 Å². The summed E-state index contributed by atoms with van der Waals surface area (Å²) in [5.41, 5.74) is 1.77. The Kier molecular flexibility index (Phi) is 6.15. The number of halogens is 3. The lowest BCUT2D eigenvalue weighted by atomic mass is 9.89. The highest BCUT2D eigenvalue weighted by Crippen LogP contribution is 2.33. The number of carbonyl (C=O) groups excluding carboxylic acids is 3. The first kappa shape index (κ1) is 22.2. The number of aryl methyl sites for hydroxylation is 1. The van der Waals surface area contributed by atoms with Crippen LogP contribution < -0.4 is 15.5 Å². The molecule has 2 saturated heterocycles. The van der Waals surface area contributed by atoms with Gasteiger partial charge in [0, 0.05) is 35.8 Å². The van der Waals surface area contributed by atoms with Gasteiger partial charge in [0.2, 0.25) is 17.7 Å². The van der Waals surface area contributed by atoms with Crippen LogP contribution in [0.1, 0.15) is 35.4 Å². The minimum atomic E-state index is -1.03. The quantitative estimate of drug-likeness (QED) is 0.671. The third-order valence-electron chi connectivity index (χ3n) is 5.86. The largest absolute Gasteiger partial charge is 0.367 e. The van der Waals surface area contributed by atoms with Crippen LogP contribution in [0, 0.1) is 18.6 Å². The van der Waals surface area contributed by atoms with Gasteiger partial charge < -0.3 is 10.2 Å². The Hall–Kier alpha value is -3.00. The monoisotopic (exact) mass is 461 g/mol. The van der Waals surface area contributed by atoms with Gasteiger partial charge in [-0.05, 0) is 42.7 Å². The van der Waals surface area contributed by atoms with Gasteiger partial charge in [0.25, 0.3) is 0 Å². The predicted octanol–water partition coefficient (Wildman–Crippen LogP) is 2.99. The summed E-state index contributed by atoms with van der Waals surface area (Å²) in [6.45, 7) is 2.71. The molecule has 0 bridgehead atoms. The number of imide groups is 1. The zero-order chi connectivity index (χ0) is 23.0. The van der Waals surface area contributed by atoms with E-state index >= 15 is 0 Å². The van der Waals surface area contributed by atoms with Gasteiger partial charge in [0.05, 0.1) is 18.4 Å². The molecule has 1 unspecified atom stereocenters. The molecule has 2 N–H and O–H groups in total. The fourth-order valence-electron chi connectivity index (χ4n) is 4.05. The van der Waals surface area contributed by atoms with Crippen LogP contribution in [0.5, 0.6) is 0 Å². The summed E-state index contributed by atoms with van der Waals surface area (Å²) in [6, 6.07) is 7.72. The molecule has 2 aromatic carbocycles. The standard InChI is InChI=1S/C23H22ClF2N3O3/c1-12-2-3-13(6-17(12)24)7-21(31)27-14-10-29(11-14)15-8-18(25)22(19(26)9-15)16-4-5-20(30)28-23(16)32/h2-3,6,8-9,14,16H,4-5,7,10-11H2,1H3,(H,27,31)(H,28,30,32). The van der Waals surface area contributed by atoms with Crippen LogP contribution in [-0.4, -0.2) is 36.9 Å². The maximum Gasteiger partial charge on any atom is 0.234 e. The van der Waals surface area contributed by atoms with E-state index in [-0.39, 0.29) is 36.8 Å². The lowest BCUT2D eigenvalue weighted by Gasteiger charge is -2.41. The molecule has 9 heteroatoms. The highest BCUT2D eigenvalue weighted by Gasteiger charge is 2.34. The molecule has 1 atom stereocenters. The van der Waals surface area contributed by atoms with Gasteiger partial charge >= 0.3 is 0 Å². The normalized spacial score (nSPS) is 18.9. The molecule has 0 saturated carbocycles. The van der Waals surface area contributed by atoms with Crippen molar-refractivity contribution in [1.29, 1.82) is 0 Å². The first-order valence-corrected chi connectivity index (χ1v) is 10.7. The smallest absolute Gasteiger partial charge is 0.234 e. The lowest BCUT2D eigenvalue weighted by molar-refractivity contribution is -0.134. The van der Waals surface area contributed by atoms with Crippen molar-refractivity contribution in [1.82, 2.24) is 10.6 Å². The van der Waals surface area contributed by atoms with E-state index < -0.39 is 29.4 Å². The Morgan fingerprint density at radius 1 is 1.19 bits per heavy atom. The van der Waals surface area contributed by atoms with E-state index in [1.54, 1.807) is 11.0 Å². The van der Waals surface area contributed by atoms with Gasteiger partial charge in [-0.25, -0.2) is 8.78 Å². The van der Waals surface area contributed by atoms with Gasteiger partial charge in [-0.15, -0.1) is 0 Å². The molecule has 3 amide bonds. The molecule has 2 aromatic rings. The molecule has 6 nitrogen and oxygen atoms in total. The third kappa shape index (κ3) is 4.60. The van der Waals surface area contributed by atoms with Crippen LogP contribution in [0.4, 0.5) is 14.5 Å². The van der Waals surface area contributed by atoms with E-state index in [0.29, 0.717) is 23.8 Å². The molecule has 0 aliphatic carbocycles. The molecule has 0 aromatic heterocycles. The Labute approximate surface area is 188 Å². The number of hydrogen-bond acceptors (Lipinski definition) is 4. The van der Waals surface area contributed by atoms with Gasteiger partial charge in [0.15, 0.2) is 0 Å². The summed E-state index contributed by atoms with van der Waals surface area (Å²) in [6.07, 6.45) is 0.307. The van der Waals surface area contributed by atoms with E-state index in [9.17, 15) is 23.2 Å². The Morgan fingerprint density at radius 2 is 1.88 bits per heavy atom. The number of hydrogen-bond donors (Lipinski definition) is 2. The number of nitrogens with one attached hydrogen (secondary N) is 2. The highest BCUT2D eigenvalue weighted by atomic mass is 35.5. The van der Waals surface area contributed by atoms with E-state index in [1.165, 1.54) is 12.1 Å². The zero-order valence-electron chi connectivity index (χ0n) is 17.4. The zero-order valence-corrected chi connectivity index (χ0v) is 18.1. The average molecular weight is 462 g/mol. The first-order valence-electron chi connectivity index (χ1n) is 10.3. The third-order valence-corrected chi connectivity index (χ3v) is 6.27. The molecule has 168 valence electrons. The van der Waals surface area contributed by atoms with Crippen molar-refractivity contribution < 1.29 is 23.2 Å². The molecule has 0 spiro atoms. The van der Waals surface area contributed by atoms with Gasteiger partial charge in [-0.2, -0.15) is 0 Å². The second kappa shape index (κ2) is 8.86. The summed E-state index contributed by atoms with van der Waals surface area (Å²) < 4.78 is 29.4. The van der Waals surface area contributed by atoms with Crippen molar-refractivity contribution in [2.45, 2.75) is 38.1 Å². The molecule has 2 aliphatic rings. The summed E-state index contributed by atoms with van der Waals surface area (Å²) in [5, 5.41) is 5.63. The highest BCUT2D eigenvalue weighted by molar-refractivity contribution is 6.31. The van der Waals surface area contributed by atoms with Crippen LogP contribution in [0.3, 0.4) is 0 Å². The summed E-state index contributed by atoms with van der Waals surface area (Å²) in [7, 11) is 0. The maximum absolute atomic E-state index is 14.7. The van der Waals surface area contributed by atoms with Crippen molar-refractivity contribution in [3.8, 4) is 0 Å². The van der Waals surface area contributed by atoms with E-state index in [1.807, 2.05) is 19.1 Å². The minimum absolute atomic E-state index is 0.0410. The second-order valence-electron chi connectivity index (χ2n) is 8.26. The van der Waals surface area contributed by atoms with E-state index in [2.05, 4.69) is 10.6 Å². The SMILES string of the molecule is Cc1ccc(CC(=O)NC2CN(c3cc(F)c(C4CCC(=O)NC4=O)c(F)c3)C2)cc1Cl. The number of anilines is 1. The van der Waals surface area contributed by atoms with Crippen molar-refractivity contribution in [3.63, 3.8) is 0 Å². The fraction of sp³-hybridized carbons (Fsp3) is 0.348. The van der Waals surface area contributed by atoms with Crippen LogP contribution in [0.2, 0.25) is 5.02 Å². The molecule has 32 heavy (non-hydrogen) atoms. The Morgan fingerprint density at radius 3 is 2.50 bits per heavy atom. The predicted molar refractivity (Wildman–Crippen MR) is 116 cm³/mol. The van der Waals surface area contributed by atoms with Crippen molar-refractivity contribution in [3.05, 3.63) is 63.7 Å². The van der Waals surface area contributed by atoms with E-state index in [4.69, 9.17) is 11.6 Å². The van der Waals surface area contributed by atoms with Crippen LogP contribution >= 0.6 is 11.6 Å². The average Bonchev–Trinajstić information content (AvgIpc) is 2.68. The minimum Gasteiger partial charge on any atom is -0.367 e. The summed E-state index contributed by atoms with van der Waals surface area (Å²) in [5.74, 6) is -3.95.